The molecule has 0 amide bonds. The van der Waals surface area contributed by atoms with Crippen LogP contribution in [0.5, 0.6) is 0 Å². The summed E-state index contributed by atoms with van der Waals surface area (Å²) >= 11 is 1.52. The topological polar surface area (TPSA) is 83.5 Å². The monoisotopic (exact) mass is 328 g/mol. The van der Waals surface area contributed by atoms with E-state index in [1.807, 2.05) is 12.2 Å². The van der Waals surface area contributed by atoms with Crippen molar-refractivity contribution in [3.8, 4) is 0 Å². The number of carbonyl (C=O) groups is 1. The van der Waals surface area contributed by atoms with Crippen LogP contribution in [0, 0.1) is 17.8 Å². The number of allylic oxidation sites excluding steroid dienone is 2. The molecule has 0 N–H and O–H groups in total. The van der Waals surface area contributed by atoms with Crippen LogP contribution in [-0.2, 0) is 19.6 Å². The van der Waals surface area contributed by atoms with Gasteiger partial charge in [0.2, 0.25) is 0 Å². The van der Waals surface area contributed by atoms with Gasteiger partial charge >= 0.3 is 35.5 Å². The molecule has 0 aromatic heterocycles. The number of methoxy groups -OCH3 is 1. The molecule has 0 heterocycles. The first-order valence-corrected chi connectivity index (χ1v) is 8.83. The van der Waals surface area contributed by atoms with Gasteiger partial charge in [0.25, 0.3) is 0 Å². The number of rotatable bonds is 6. The second kappa shape index (κ2) is 7.65. The Hall–Kier alpha value is 0.470. The number of hydrogen-bond donors (Lipinski definition) is 0. The molecule has 0 unspecified atom stereocenters. The molecule has 20 heavy (non-hydrogen) atoms. The van der Waals surface area contributed by atoms with Crippen LogP contribution in [0.1, 0.15) is 12.8 Å². The predicted molar refractivity (Wildman–Crippen MR) is 71.7 cm³/mol. The summed E-state index contributed by atoms with van der Waals surface area (Å²) in [5.74, 6) is 0.904. The van der Waals surface area contributed by atoms with E-state index in [-0.39, 0.29) is 53.3 Å². The molecule has 108 valence electrons. The summed E-state index contributed by atoms with van der Waals surface area (Å²) in [4.78, 5) is 11.0. The van der Waals surface area contributed by atoms with Gasteiger partial charge in [-0.2, -0.15) is 11.8 Å². The first-order chi connectivity index (χ1) is 8.93. The van der Waals surface area contributed by atoms with Crippen molar-refractivity contribution >= 4 is 27.8 Å². The maximum absolute atomic E-state index is 11.3. The van der Waals surface area contributed by atoms with E-state index in [0.717, 1.165) is 6.42 Å². The average molecular weight is 328 g/mol. The van der Waals surface area contributed by atoms with Crippen LogP contribution in [-0.4, -0.2) is 42.8 Å². The SMILES string of the molecule is COC(=O)CCSC[C@H]1[C@@H](S(=O)(=O)[O-])[C@H]2C=C[C@@H]1C2.[Na+]. The Labute approximate surface area is 145 Å². The molecule has 0 spiro atoms. The third-order valence-corrected chi connectivity index (χ3v) is 6.34. The van der Waals surface area contributed by atoms with Gasteiger partial charge in [0, 0.05) is 5.75 Å². The van der Waals surface area contributed by atoms with Crippen LogP contribution >= 0.6 is 11.8 Å². The molecule has 8 heteroatoms. The largest absolute Gasteiger partial charge is 1.00 e. The van der Waals surface area contributed by atoms with Crippen LogP contribution in [0.2, 0.25) is 0 Å². The Morgan fingerprint density at radius 1 is 1.40 bits per heavy atom. The minimum atomic E-state index is -4.25. The molecule has 0 aromatic rings. The van der Waals surface area contributed by atoms with Gasteiger partial charge in [0.05, 0.1) is 28.9 Å². The van der Waals surface area contributed by atoms with E-state index < -0.39 is 15.4 Å². The first kappa shape index (κ1) is 18.5. The molecule has 2 rings (SSSR count). The number of fused-ring (bicyclic) bond motifs is 2. The minimum absolute atomic E-state index is 0. The molecule has 1 fully saturated rings. The molecule has 2 aliphatic carbocycles. The molecule has 4 atom stereocenters. The fraction of sp³-hybridized carbons (Fsp3) is 0.750. The minimum Gasteiger partial charge on any atom is -0.748 e. The van der Waals surface area contributed by atoms with E-state index in [2.05, 4.69) is 4.74 Å². The van der Waals surface area contributed by atoms with Gasteiger partial charge in [-0.05, 0) is 29.9 Å². The first-order valence-electron chi connectivity index (χ1n) is 6.21. The summed E-state index contributed by atoms with van der Waals surface area (Å²) in [6, 6.07) is 0. The summed E-state index contributed by atoms with van der Waals surface area (Å²) < 4.78 is 38.6. The van der Waals surface area contributed by atoms with E-state index in [1.165, 1.54) is 18.9 Å². The number of thioether (sulfide) groups is 1. The molecule has 2 bridgehead atoms. The quantitative estimate of drug-likeness (QED) is 0.185. The fourth-order valence-electron chi connectivity index (χ4n) is 3.00. The van der Waals surface area contributed by atoms with E-state index >= 15 is 0 Å². The molecule has 0 aromatic carbocycles. The van der Waals surface area contributed by atoms with Crippen molar-refractivity contribution in [1.82, 2.24) is 0 Å². The van der Waals surface area contributed by atoms with Gasteiger partial charge in [-0.25, -0.2) is 8.42 Å². The normalized spacial score (nSPS) is 31.1. The van der Waals surface area contributed by atoms with E-state index in [9.17, 15) is 17.8 Å². The van der Waals surface area contributed by atoms with Gasteiger partial charge in [-0.1, -0.05) is 12.2 Å². The summed E-state index contributed by atoms with van der Waals surface area (Å²) in [5, 5.41) is -0.784. The van der Waals surface area contributed by atoms with Crippen molar-refractivity contribution in [3.63, 3.8) is 0 Å². The Balaban J connectivity index is 0.00000200. The second-order valence-electron chi connectivity index (χ2n) is 4.97. The summed E-state index contributed by atoms with van der Waals surface area (Å²) in [6.45, 7) is 0. The number of ether oxygens (including phenoxy) is 1. The Bertz CT molecular complexity index is 476. The van der Waals surface area contributed by atoms with Crippen LogP contribution in [0.4, 0.5) is 0 Å². The van der Waals surface area contributed by atoms with Crippen molar-refractivity contribution in [2.75, 3.05) is 18.6 Å². The summed E-state index contributed by atoms with van der Waals surface area (Å²) in [6.07, 6.45) is 4.97. The molecule has 0 radical (unpaired) electrons. The number of esters is 1. The molecular formula is C12H17NaO5S2. The van der Waals surface area contributed by atoms with E-state index in [4.69, 9.17) is 0 Å². The van der Waals surface area contributed by atoms with Crippen molar-refractivity contribution in [2.45, 2.75) is 18.1 Å². The molecule has 5 nitrogen and oxygen atoms in total. The van der Waals surface area contributed by atoms with Crippen molar-refractivity contribution in [1.29, 1.82) is 0 Å². The van der Waals surface area contributed by atoms with Crippen LogP contribution in [0.15, 0.2) is 12.2 Å². The van der Waals surface area contributed by atoms with Crippen LogP contribution in [0.25, 0.3) is 0 Å². The van der Waals surface area contributed by atoms with Crippen molar-refractivity contribution in [3.05, 3.63) is 12.2 Å². The van der Waals surface area contributed by atoms with E-state index in [0.29, 0.717) is 17.9 Å². The van der Waals surface area contributed by atoms with Gasteiger partial charge < -0.3 is 9.29 Å². The Morgan fingerprint density at radius 3 is 2.65 bits per heavy atom. The predicted octanol–water partition coefficient (Wildman–Crippen LogP) is -1.98. The molecule has 0 aliphatic heterocycles. The maximum Gasteiger partial charge on any atom is 1.00 e. The van der Waals surface area contributed by atoms with Crippen LogP contribution < -0.4 is 29.6 Å². The van der Waals surface area contributed by atoms with E-state index in [1.54, 1.807) is 0 Å². The zero-order chi connectivity index (χ0) is 14.0. The third kappa shape index (κ3) is 4.24. The smallest absolute Gasteiger partial charge is 0.748 e. The zero-order valence-electron chi connectivity index (χ0n) is 11.7. The van der Waals surface area contributed by atoms with Crippen molar-refractivity contribution in [2.24, 2.45) is 17.8 Å². The molecule has 2 aliphatic rings. The molecule has 1 saturated carbocycles. The Kier molecular flexibility index (Phi) is 7.08. The van der Waals surface area contributed by atoms with Gasteiger partial charge in [0.1, 0.15) is 0 Å². The summed E-state index contributed by atoms with van der Waals surface area (Å²) in [7, 11) is -2.91. The number of carbonyl (C=O) groups excluding carboxylic acids is 1. The maximum atomic E-state index is 11.3. The van der Waals surface area contributed by atoms with Crippen molar-refractivity contribution < 1.29 is 52.1 Å². The van der Waals surface area contributed by atoms with Crippen LogP contribution in [0.3, 0.4) is 0 Å². The second-order valence-corrected chi connectivity index (χ2v) is 7.65. The van der Waals surface area contributed by atoms with Gasteiger partial charge in [0.15, 0.2) is 0 Å². The molecule has 0 saturated heterocycles. The number of hydrogen-bond acceptors (Lipinski definition) is 6. The standard InChI is InChI=1S/C12H18O5S2.Na/c1-17-11(13)4-5-18-7-10-8-2-3-9(6-8)12(10)19(14,15)16;/h2-3,8-10,12H,4-7H2,1H3,(H,14,15,16);/q;+1/p-1/t8-,9+,10-,12+;/m1./s1. The zero-order valence-corrected chi connectivity index (χ0v) is 15.3. The average Bonchev–Trinajstić information content (AvgIpc) is 2.93. The molecular weight excluding hydrogens is 311 g/mol. The summed E-state index contributed by atoms with van der Waals surface area (Å²) in [5.41, 5.74) is 0. The fourth-order valence-corrected chi connectivity index (χ4v) is 5.69. The van der Waals surface area contributed by atoms with Gasteiger partial charge in [-0.15, -0.1) is 0 Å². The third-order valence-electron chi connectivity index (χ3n) is 3.87. The Morgan fingerprint density at radius 2 is 2.05 bits per heavy atom. The van der Waals surface area contributed by atoms with Gasteiger partial charge in [-0.3, -0.25) is 4.79 Å².